The van der Waals surface area contributed by atoms with Gasteiger partial charge in [0, 0.05) is 25.2 Å². The molecule has 0 atom stereocenters. The van der Waals surface area contributed by atoms with E-state index in [9.17, 15) is 14.3 Å². The van der Waals surface area contributed by atoms with Crippen LogP contribution in [-0.4, -0.2) is 23.0 Å². The van der Waals surface area contributed by atoms with Crippen molar-refractivity contribution < 1.29 is 19.0 Å². The summed E-state index contributed by atoms with van der Waals surface area (Å²) in [5.74, 6) is 0.0497. The van der Waals surface area contributed by atoms with Crippen molar-refractivity contribution in [1.82, 2.24) is 4.90 Å². The molecule has 4 nitrogen and oxygen atoms in total. The number of aliphatic hydroxyl groups is 1. The highest BCUT2D eigenvalue weighted by Gasteiger charge is 2.11. The van der Waals surface area contributed by atoms with E-state index in [1.807, 2.05) is 24.3 Å². The summed E-state index contributed by atoms with van der Waals surface area (Å²) in [6, 6.07) is 13.5. The number of aliphatic hydroxyl groups excluding tert-OH is 1. The summed E-state index contributed by atoms with van der Waals surface area (Å²) >= 11 is 0. The Kier molecular flexibility index (Phi) is 5.95. The summed E-state index contributed by atoms with van der Waals surface area (Å²) in [6.45, 7) is 2.11. The third-order valence-electron chi connectivity index (χ3n) is 3.40. The molecule has 0 unspecified atom stereocenters. The lowest BCUT2D eigenvalue weighted by Crippen LogP contribution is -2.24. The average Bonchev–Trinajstić information content (AvgIpc) is 2.55. The Labute approximate surface area is 140 Å². The van der Waals surface area contributed by atoms with Crippen molar-refractivity contribution >= 4 is 5.91 Å². The van der Waals surface area contributed by atoms with Crippen LogP contribution in [0.25, 0.3) is 0 Å². The number of benzene rings is 2. The SMILES string of the molecule is C/C(O)=C/C(=O)N(C)Cc1ccccc1OCc1ccc(F)cc1. The number of carbonyl (C=O) groups is 1. The van der Waals surface area contributed by atoms with Gasteiger partial charge in [-0.2, -0.15) is 0 Å². The third-order valence-corrected chi connectivity index (χ3v) is 3.40. The Hall–Kier alpha value is -2.82. The predicted molar refractivity (Wildman–Crippen MR) is 90.0 cm³/mol. The summed E-state index contributed by atoms with van der Waals surface area (Å²) in [7, 11) is 1.65. The molecule has 0 aromatic heterocycles. The molecule has 126 valence electrons. The molecule has 0 spiro atoms. The molecular weight excluding hydrogens is 309 g/mol. The van der Waals surface area contributed by atoms with E-state index in [1.54, 1.807) is 19.2 Å². The maximum atomic E-state index is 12.9. The lowest BCUT2D eigenvalue weighted by atomic mass is 10.2. The highest BCUT2D eigenvalue weighted by Crippen LogP contribution is 2.21. The molecule has 2 rings (SSSR count). The van der Waals surface area contributed by atoms with E-state index >= 15 is 0 Å². The van der Waals surface area contributed by atoms with Crippen LogP contribution in [0.5, 0.6) is 5.75 Å². The zero-order chi connectivity index (χ0) is 17.5. The van der Waals surface area contributed by atoms with Crippen molar-refractivity contribution in [3.8, 4) is 5.75 Å². The average molecular weight is 329 g/mol. The molecule has 1 amide bonds. The number of likely N-dealkylation sites (N-methyl/N-ethyl adjacent to an activating group) is 1. The Balaban J connectivity index is 2.05. The van der Waals surface area contributed by atoms with Gasteiger partial charge >= 0.3 is 0 Å². The molecule has 2 aromatic carbocycles. The van der Waals surface area contributed by atoms with Crippen molar-refractivity contribution in [1.29, 1.82) is 0 Å². The molecule has 2 aromatic rings. The van der Waals surface area contributed by atoms with Crippen molar-refractivity contribution in [2.24, 2.45) is 0 Å². The van der Waals surface area contributed by atoms with Crippen LogP contribution in [0.2, 0.25) is 0 Å². The van der Waals surface area contributed by atoms with Gasteiger partial charge in [-0.25, -0.2) is 4.39 Å². The van der Waals surface area contributed by atoms with Crippen LogP contribution in [0, 0.1) is 5.82 Å². The van der Waals surface area contributed by atoms with Crippen LogP contribution < -0.4 is 4.74 Å². The second-order valence-electron chi connectivity index (χ2n) is 5.50. The van der Waals surface area contributed by atoms with Crippen LogP contribution in [0.4, 0.5) is 4.39 Å². The van der Waals surface area contributed by atoms with E-state index in [2.05, 4.69) is 0 Å². The van der Waals surface area contributed by atoms with Gasteiger partial charge in [-0.15, -0.1) is 0 Å². The van der Waals surface area contributed by atoms with Crippen molar-refractivity contribution in [3.05, 3.63) is 77.3 Å². The number of nitrogens with zero attached hydrogens (tertiary/aromatic N) is 1. The van der Waals surface area contributed by atoms with Crippen LogP contribution >= 0.6 is 0 Å². The van der Waals surface area contributed by atoms with Gasteiger partial charge in [-0.1, -0.05) is 30.3 Å². The van der Waals surface area contributed by atoms with Gasteiger partial charge in [0.05, 0.1) is 5.76 Å². The third kappa shape index (κ3) is 5.12. The van der Waals surface area contributed by atoms with Crippen LogP contribution in [-0.2, 0) is 17.9 Å². The molecule has 0 saturated heterocycles. The first-order valence-corrected chi connectivity index (χ1v) is 7.53. The molecule has 0 bridgehead atoms. The minimum absolute atomic E-state index is 0.0345. The number of allylic oxidation sites excluding steroid dienone is 1. The molecule has 0 radical (unpaired) electrons. The first-order valence-electron chi connectivity index (χ1n) is 7.53. The van der Waals surface area contributed by atoms with Crippen LogP contribution in [0.1, 0.15) is 18.1 Å². The highest BCUT2D eigenvalue weighted by molar-refractivity contribution is 5.87. The Morgan fingerprint density at radius 3 is 2.54 bits per heavy atom. The molecular formula is C19H20FNO3. The quantitative estimate of drug-likeness (QED) is 0.647. The Bertz CT molecular complexity index is 722. The number of hydrogen-bond donors (Lipinski definition) is 1. The first-order chi connectivity index (χ1) is 11.5. The Morgan fingerprint density at radius 1 is 1.21 bits per heavy atom. The van der Waals surface area contributed by atoms with E-state index in [1.165, 1.54) is 30.0 Å². The number of amides is 1. The van der Waals surface area contributed by atoms with Crippen LogP contribution in [0.15, 0.2) is 60.4 Å². The van der Waals surface area contributed by atoms with Crippen molar-refractivity contribution in [2.75, 3.05) is 7.05 Å². The van der Waals surface area contributed by atoms with Gasteiger partial charge in [0.1, 0.15) is 18.2 Å². The highest BCUT2D eigenvalue weighted by atomic mass is 19.1. The topological polar surface area (TPSA) is 49.8 Å². The van der Waals surface area contributed by atoms with Gasteiger partial charge in [0.15, 0.2) is 0 Å². The number of carbonyl (C=O) groups excluding carboxylic acids is 1. The lowest BCUT2D eigenvalue weighted by molar-refractivity contribution is -0.125. The zero-order valence-electron chi connectivity index (χ0n) is 13.7. The second kappa shape index (κ2) is 8.15. The number of para-hydroxylation sites is 1. The maximum absolute atomic E-state index is 12.9. The monoisotopic (exact) mass is 329 g/mol. The number of rotatable bonds is 6. The molecule has 0 aliphatic carbocycles. The summed E-state index contributed by atoms with van der Waals surface area (Å²) in [5, 5.41) is 9.18. The van der Waals surface area contributed by atoms with E-state index in [4.69, 9.17) is 4.74 Å². The molecule has 1 N–H and O–H groups in total. The van der Waals surface area contributed by atoms with Gasteiger partial charge in [0.25, 0.3) is 0 Å². The van der Waals surface area contributed by atoms with Gasteiger partial charge in [0.2, 0.25) is 5.91 Å². The lowest BCUT2D eigenvalue weighted by Gasteiger charge is -2.18. The van der Waals surface area contributed by atoms with Crippen molar-refractivity contribution in [2.45, 2.75) is 20.1 Å². The van der Waals surface area contributed by atoms with E-state index in [0.29, 0.717) is 18.9 Å². The molecule has 0 aliphatic rings. The maximum Gasteiger partial charge on any atom is 0.249 e. The zero-order valence-corrected chi connectivity index (χ0v) is 13.7. The second-order valence-corrected chi connectivity index (χ2v) is 5.50. The molecule has 0 saturated carbocycles. The minimum atomic E-state index is -0.289. The number of hydrogen-bond acceptors (Lipinski definition) is 3. The van der Waals surface area contributed by atoms with Crippen molar-refractivity contribution in [3.63, 3.8) is 0 Å². The predicted octanol–water partition coefficient (Wildman–Crippen LogP) is 3.82. The van der Waals surface area contributed by atoms with Gasteiger partial charge in [-0.3, -0.25) is 4.79 Å². The summed E-state index contributed by atoms with van der Waals surface area (Å²) < 4.78 is 18.7. The summed E-state index contributed by atoms with van der Waals surface area (Å²) in [6.07, 6.45) is 1.17. The van der Waals surface area contributed by atoms with E-state index in [-0.39, 0.29) is 17.5 Å². The standard InChI is InChI=1S/C19H20FNO3/c1-14(22)11-19(23)21(2)12-16-5-3-4-6-18(16)24-13-15-7-9-17(20)10-8-15/h3-11,22H,12-13H2,1-2H3/b14-11-. The van der Waals surface area contributed by atoms with E-state index in [0.717, 1.165) is 11.1 Å². The van der Waals surface area contributed by atoms with Gasteiger partial charge in [-0.05, 0) is 30.7 Å². The molecule has 0 fully saturated rings. The number of ether oxygens (including phenoxy) is 1. The molecule has 24 heavy (non-hydrogen) atoms. The first kappa shape index (κ1) is 17.5. The summed E-state index contributed by atoms with van der Waals surface area (Å²) in [5.41, 5.74) is 1.70. The molecule has 0 heterocycles. The smallest absolute Gasteiger partial charge is 0.249 e. The largest absolute Gasteiger partial charge is 0.512 e. The molecule has 5 heteroatoms. The number of halogens is 1. The normalized spacial score (nSPS) is 11.2. The minimum Gasteiger partial charge on any atom is -0.512 e. The summed E-state index contributed by atoms with van der Waals surface area (Å²) in [4.78, 5) is 13.4. The fourth-order valence-corrected chi connectivity index (χ4v) is 2.14. The van der Waals surface area contributed by atoms with Gasteiger partial charge < -0.3 is 14.7 Å². The van der Waals surface area contributed by atoms with E-state index < -0.39 is 0 Å². The molecule has 0 aliphatic heterocycles. The fraction of sp³-hybridized carbons (Fsp3) is 0.211. The fourth-order valence-electron chi connectivity index (χ4n) is 2.14. The van der Waals surface area contributed by atoms with Crippen LogP contribution in [0.3, 0.4) is 0 Å². The Morgan fingerprint density at radius 2 is 1.88 bits per heavy atom.